The smallest absolute Gasteiger partial charge is 0.224 e. The maximum atomic E-state index is 13.1. The number of unbranched alkanes of at least 4 members (excludes halogenated alkanes) is 6. The van der Waals surface area contributed by atoms with E-state index >= 15 is 0 Å². The molecule has 0 radical (unpaired) electrons. The zero-order chi connectivity index (χ0) is 44.9. The van der Waals surface area contributed by atoms with Gasteiger partial charge in [-0.2, -0.15) is 0 Å². The first kappa shape index (κ1) is 45.6. The van der Waals surface area contributed by atoms with Crippen LogP contribution in [0.15, 0.2) is 152 Å². The van der Waals surface area contributed by atoms with Crippen LogP contribution in [-0.2, 0) is 9.59 Å². The van der Waals surface area contributed by atoms with E-state index in [9.17, 15) is 9.59 Å². The lowest BCUT2D eigenvalue weighted by Crippen LogP contribution is -2.27. The average Bonchev–Trinajstić information content (AvgIpc) is 3.25. The molecule has 10 nitrogen and oxygen atoms in total. The number of aryl methyl sites for hydroxylation is 4. The van der Waals surface area contributed by atoms with Gasteiger partial charge < -0.3 is 22.1 Å². The number of rotatable bonds is 16. The monoisotopic (exact) mass is 840 g/mol. The standard InChI is InChI=1S/C53H60N8O2/c1-34-27-44(36(3)26-42(34)54)58-49-31-39(6)47(33-51(49)57-41-22-16-13-17-23-41)61-53(63)25-19-11-9-7-8-10-18-24-52(62)60-46-30-37(4)45(29-38(46)5)59-48-28-35(2)43(55)32-50(48)56-40-20-14-12-15-21-40/h12-17,20-23,26-33H,7-11,18-19,24-25,54-55H2,1-6H3,(H,60,62)(H,61,63). The first-order valence-corrected chi connectivity index (χ1v) is 21.9. The van der Waals surface area contributed by atoms with Crippen LogP contribution < -0.4 is 22.1 Å². The highest BCUT2D eigenvalue weighted by molar-refractivity contribution is 6.53. The van der Waals surface area contributed by atoms with E-state index in [1.54, 1.807) is 0 Å². The summed E-state index contributed by atoms with van der Waals surface area (Å²) in [6, 6.07) is 27.4. The molecule has 0 unspecified atom stereocenters. The molecular formula is C53H60N8O2. The van der Waals surface area contributed by atoms with E-state index in [1.165, 1.54) is 0 Å². The van der Waals surface area contributed by atoms with Crippen LogP contribution >= 0.6 is 0 Å². The number of nitrogen functional groups attached to an aromatic ring is 1. The maximum absolute atomic E-state index is 13.1. The summed E-state index contributed by atoms with van der Waals surface area (Å²) < 4.78 is 0. The van der Waals surface area contributed by atoms with Gasteiger partial charge in [0.15, 0.2) is 0 Å². The minimum absolute atomic E-state index is 0.0124. The van der Waals surface area contributed by atoms with Gasteiger partial charge in [0.05, 0.1) is 45.6 Å². The SMILES string of the molecule is CC1=CC(=Nc2cc(C)c(NC(=O)CCCCCCCCCC(=O)NC3=CC(=Nc4ccccc4)C(=Nc4cc(C)c(N)cc4C)C=C3C)cc2C)C(=Nc2ccccc2)C=C1N. The predicted octanol–water partition coefficient (Wildman–Crippen LogP) is 12.1. The number of para-hydroxylation sites is 2. The Morgan fingerprint density at radius 3 is 1.51 bits per heavy atom. The van der Waals surface area contributed by atoms with Crippen molar-refractivity contribution < 1.29 is 9.59 Å². The molecule has 0 atom stereocenters. The van der Waals surface area contributed by atoms with Crippen LogP contribution in [0, 0.1) is 27.7 Å². The second kappa shape index (κ2) is 21.7. The van der Waals surface area contributed by atoms with E-state index in [0.29, 0.717) is 30.0 Å². The van der Waals surface area contributed by atoms with Gasteiger partial charge in [0.2, 0.25) is 11.8 Å². The molecular weight excluding hydrogens is 781 g/mol. The molecule has 6 N–H and O–H groups in total. The number of nitrogens with zero attached hydrogens (tertiary/aromatic N) is 4. The molecule has 0 saturated heterocycles. The normalized spacial score (nSPS) is 16.5. The van der Waals surface area contributed by atoms with Crippen molar-refractivity contribution in [2.75, 3.05) is 11.1 Å². The summed E-state index contributed by atoms with van der Waals surface area (Å²) >= 11 is 0. The van der Waals surface area contributed by atoms with E-state index in [4.69, 9.17) is 31.4 Å². The number of hydrogen-bond donors (Lipinski definition) is 4. The summed E-state index contributed by atoms with van der Waals surface area (Å²) in [6.07, 6.45) is 15.4. The number of anilines is 2. The third-order valence-electron chi connectivity index (χ3n) is 11.2. The van der Waals surface area contributed by atoms with Gasteiger partial charge in [0, 0.05) is 35.6 Å². The molecule has 0 fully saturated rings. The first-order valence-electron chi connectivity index (χ1n) is 21.9. The third-order valence-corrected chi connectivity index (χ3v) is 11.2. The van der Waals surface area contributed by atoms with Crippen LogP contribution in [0.2, 0.25) is 0 Å². The summed E-state index contributed by atoms with van der Waals surface area (Å²) in [6.45, 7) is 11.9. The Morgan fingerprint density at radius 1 is 0.476 bits per heavy atom. The number of aliphatic imine (C=N–C) groups is 4. The van der Waals surface area contributed by atoms with Crippen molar-refractivity contribution in [3.63, 3.8) is 0 Å². The number of hydrogen-bond acceptors (Lipinski definition) is 8. The molecule has 2 aliphatic carbocycles. The van der Waals surface area contributed by atoms with Gasteiger partial charge in [-0.05, 0) is 161 Å². The molecule has 0 aliphatic heterocycles. The molecule has 2 aliphatic rings. The molecule has 2 amide bonds. The van der Waals surface area contributed by atoms with Crippen molar-refractivity contribution in [1.29, 1.82) is 0 Å². The molecule has 0 bridgehead atoms. The van der Waals surface area contributed by atoms with Crippen LogP contribution in [0.4, 0.5) is 34.1 Å². The number of amides is 2. The summed E-state index contributed by atoms with van der Waals surface area (Å²) in [4.78, 5) is 45.7. The highest BCUT2D eigenvalue weighted by Gasteiger charge is 2.19. The van der Waals surface area contributed by atoms with Crippen molar-refractivity contribution in [2.45, 2.75) is 99.3 Å². The molecule has 324 valence electrons. The van der Waals surface area contributed by atoms with E-state index in [0.717, 1.165) is 130 Å². The molecule has 6 rings (SSSR count). The largest absolute Gasteiger partial charge is 0.399 e. The molecule has 0 saturated carbocycles. The van der Waals surface area contributed by atoms with Gasteiger partial charge in [-0.25, -0.2) is 20.0 Å². The van der Waals surface area contributed by atoms with Crippen LogP contribution in [0.5, 0.6) is 0 Å². The highest BCUT2D eigenvalue weighted by Crippen LogP contribution is 2.30. The molecule has 63 heavy (non-hydrogen) atoms. The number of benzene rings is 4. The molecule has 4 aromatic rings. The van der Waals surface area contributed by atoms with Gasteiger partial charge >= 0.3 is 0 Å². The lowest BCUT2D eigenvalue weighted by Gasteiger charge is -2.18. The van der Waals surface area contributed by atoms with E-state index in [2.05, 4.69) is 10.6 Å². The average molecular weight is 841 g/mol. The molecule has 10 heteroatoms. The molecule has 0 heterocycles. The quantitative estimate of drug-likeness (QED) is 0.0502. The topological polar surface area (TPSA) is 160 Å². The van der Waals surface area contributed by atoms with Crippen LogP contribution in [0.25, 0.3) is 0 Å². The van der Waals surface area contributed by atoms with E-state index in [1.807, 2.05) is 151 Å². The Labute approximate surface area is 372 Å². The zero-order valence-corrected chi connectivity index (χ0v) is 37.5. The van der Waals surface area contributed by atoms with E-state index in [-0.39, 0.29) is 11.8 Å². The van der Waals surface area contributed by atoms with Gasteiger partial charge in [0.25, 0.3) is 0 Å². The second-order valence-corrected chi connectivity index (χ2v) is 16.5. The van der Waals surface area contributed by atoms with Crippen molar-refractivity contribution in [3.8, 4) is 0 Å². The number of carbonyl (C=O) groups is 2. The van der Waals surface area contributed by atoms with Crippen LogP contribution in [0.3, 0.4) is 0 Å². The Balaban J connectivity index is 0.926. The second-order valence-electron chi connectivity index (χ2n) is 16.5. The highest BCUT2D eigenvalue weighted by atomic mass is 16.2. The lowest BCUT2D eigenvalue weighted by atomic mass is 10.00. The van der Waals surface area contributed by atoms with Gasteiger partial charge in [-0.1, -0.05) is 68.5 Å². The van der Waals surface area contributed by atoms with Crippen molar-refractivity contribution in [1.82, 2.24) is 5.32 Å². The summed E-state index contributed by atoms with van der Waals surface area (Å²) in [5.74, 6) is -0.00170. The molecule has 0 spiro atoms. The summed E-state index contributed by atoms with van der Waals surface area (Å²) in [5, 5.41) is 6.24. The fourth-order valence-corrected chi connectivity index (χ4v) is 7.29. The Kier molecular flexibility index (Phi) is 15.7. The number of carbonyl (C=O) groups excluding carboxylic acids is 2. The number of allylic oxidation sites excluding steroid dienone is 6. The minimum atomic E-state index is -0.0141. The van der Waals surface area contributed by atoms with E-state index < -0.39 is 0 Å². The maximum Gasteiger partial charge on any atom is 0.224 e. The van der Waals surface area contributed by atoms with Crippen molar-refractivity contribution in [2.24, 2.45) is 25.7 Å². The Hall–Kier alpha value is -6.94. The third kappa shape index (κ3) is 13.0. The van der Waals surface area contributed by atoms with Crippen molar-refractivity contribution >= 4 is 68.8 Å². The van der Waals surface area contributed by atoms with Gasteiger partial charge in [-0.15, -0.1) is 0 Å². The zero-order valence-electron chi connectivity index (χ0n) is 37.5. The number of nitrogens with one attached hydrogen (secondary N) is 2. The summed E-state index contributed by atoms with van der Waals surface area (Å²) in [7, 11) is 0. The van der Waals surface area contributed by atoms with Gasteiger partial charge in [0.1, 0.15) is 0 Å². The minimum Gasteiger partial charge on any atom is -0.399 e. The van der Waals surface area contributed by atoms with Crippen LogP contribution in [-0.4, -0.2) is 34.7 Å². The van der Waals surface area contributed by atoms with Crippen LogP contribution in [0.1, 0.15) is 93.9 Å². The predicted molar refractivity (Wildman–Crippen MR) is 264 cm³/mol. The number of nitrogens with two attached hydrogens (primary N) is 2. The lowest BCUT2D eigenvalue weighted by molar-refractivity contribution is -0.120. The fraction of sp³-hybridized carbons (Fsp3) is 0.283. The Morgan fingerprint density at radius 2 is 0.937 bits per heavy atom. The molecule has 0 aromatic heterocycles. The van der Waals surface area contributed by atoms with Gasteiger partial charge in [-0.3, -0.25) is 9.59 Å². The molecule has 4 aromatic carbocycles. The first-order chi connectivity index (χ1) is 30.3. The van der Waals surface area contributed by atoms with Crippen molar-refractivity contribution in [3.05, 3.63) is 154 Å². The summed E-state index contributed by atoms with van der Waals surface area (Å²) in [5.41, 5.74) is 27.1. The Bertz CT molecular complexity index is 2590. The fourth-order valence-electron chi connectivity index (χ4n) is 7.29.